The van der Waals surface area contributed by atoms with Crippen molar-refractivity contribution in [2.75, 3.05) is 41.3 Å². The summed E-state index contributed by atoms with van der Waals surface area (Å²) in [6, 6.07) is 0. The minimum atomic E-state index is -0.635. The van der Waals surface area contributed by atoms with Crippen LogP contribution in [0, 0.1) is 0 Å². The number of hydrogen-bond donors (Lipinski definition) is 1. The van der Waals surface area contributed by atoms with Crippen molar-refractivity contribution >= 4 is 29.6 Å². The molecule has 3 aliphatic rings. The van der Waals surface area contributed by atoms with E-state index >= 15 is 0 Å². The van der Waals surface area contributed by atoms with E-state index in [-0.39, 0.29) is 16.9 Å². The third kappa shape index (κ3) is 3.82. The first-order chi connectivity index (χ1) is 14.8. The second-order valence-electron chi connectivity index (χ2n) is 8.55. The number of aromatic nitrogens is 1. The molecule has 0 saturated heterocycles. The van der Waals surface area contributed by atoms with Gasteiger partial charge < -0.3 is 14.8 Å². The summed E-state index contributed by atoms with van der Waals surface area (Å²) in [4.78, 5) is 50.8. The number of nitrogens with one attached hydrogen (secondary N) is 1. The Labute approximate surface area is 181 Å². The van der Waals surface area contributed by atoms with Crippen LogP contribution in [0.4, 0.5) is 0 Å². The van der Waals surface area contributed by atoms with Gasteiger partial charge in [-0.05, 0) is 70.4 Å². The number of ketones is 3. The Morgan fingerprint density at radius 3 is 2.29 bits per heavy atom. The van der Waals surface area contributed by atoms with Crippen LogP contribution in [-0.2, 0) is 16.0 Å². The minimum absolute atomic E-state index is 0.144. The summed E-state index contributed by atoms with van der Waals surface area (Å²) in [5.41, 5.74) is 4.23. The average molecular weight is 418 g/mol. The van der Waals surface area contributed by atoms with E-state index in [2.05, 4.69) is 9.98 Å². The zero-order valence-corrected chi connectivity index (χ0v) is 18.3. The molecule has 1 aliphatic heterocycles. The number of H-pyrrole nitrogens is 1. The summed E-state index contributed by atoms with van der Waals surface area (Å²) in [6.07, 6.45) is 9.83. The quantitative estimate of drug-likeness (QED) is 0.685. The fourth-order valence-electron chi connectivity index (χ4n) is 4.00. The number of hydrogen-bond acceptors (Lipinski definition) is 6. The number of allylic oxidation sites excluding steroid dienone is 5. The summed E-state index contributed by atoms with van der Waals surface area (Å²) in [7, 11) is 7.86. The van der Waals surface area contributed by atoms with E-state index in [1.807, 2.05) is 38.0 Å². The van der Waals surface area contributed by atoms with Gasteiger partial charge in [-0.1, -0.05) is 0 Å². The molecule has 160 valence electrons. The van der Waals surface area contributed by atoms with Crippen LogP contribution in [0.5, 0.6) is 0 Å². The van der Waals surface area contributed by atoms with Gasteiger partial charge in [-0.3, -0.25) is 19.4 Å². The summed E-state index contributed by atoms with van der Waals surface area (Å²) < 4.78 is 0. The molecule has 7 nitrogen and oxygen atoms in total. The first-order valence-corrected chi connectivity index (χ1v) is 10.3. The number of nitrogens with zero attached hydrogens (tertiary/aromatic N) is 3. The molecular weight excluding hydrogens is 392 g/mol. The molecule has 1 aromatic heterocycles. The highest BCUT2D eigenvalue weighted by atomic mass is 16.2. The molecule has 0 radical (unpaired) electrons. The van der Waals surface area contributed by atoms with E-state index in [0.717, 1.165) is 24.2 Å². The van der Waals surface area contributed by atoms with Crippen molar-refractivity contribution in [1.29, 1.82) is 0 Å². The number of fused-ring (bicyclic) bond motifs is 2. The summed E-state index contributed by atoms with van der Waals surface area (Å²) in [5.74, 6) is -1.45. The van der Waals surface area contributed by atoms with Crippen LogP contribution in [0.15, 0.2) is 51.3 Å². The Kier molecular flexibility index (Phi) is 5.56. The highest BCUT2D eigenvalue weighted by molar-refractivity contribution is 6.54. The Bertz CT molecular complexity index is 1140. The number of aliphatic imine (C=N–C) groups is 1. The van der Waals surface area contributed by atoms with Crippen LogP contribution < -0.4 is 0 Å². The first kappa shape index (κ1) is 21.1. The number of carbonyl (C=O) groups is 3. The Morgan fingerprint density at radius 2 is 1.58 bits per heavy atom. The Balaban J connectivity index is 1.68. The maximum Gasteiger partial charge on any atom is 0.235 e. The summed E-state index contributed by atoms with van der Waals surface area (Å²) in [6.45, 7) is 1.55. The topological polar surface area (TPSA) is 85.8 Å². The maximum absolute atomic E-state index is 13.3. The minimum Gasteiger partial charge on any atom is -0.361 e. The van der Waals surface area contributed by atoms with Gasteiger partial charge >= 0.3 is 0 Å². The molecule has 0 bridgehead atoms. The second-order valence-corrected chi connectivity index (χ2v) is 8.55. The highest BCUT2D eigenvalue weighted by Crippen LogP contribution is 2.36. The van der Waals surface area contributed by atoms with Crippen molar-refractivity contribution in [2.45, 2.75) is 12.8 Å². The zero-order valence-electron chi connectivity index (χ0n) is 18.3. The summed E-state index contributed by atoms with van der Waals surface area (Å²) in [5, 5.41) is 0. The molecule has 2 heterocycles. The summed E-state index contributed by atoms with van der Waals surface area (Å²) >= 11 is 0. The maximum atomic E-state index is 13.3. The number of Topliss-reactive ketones (excluding diaryl/α,β-unsaturated/α-hetero) is 3. The number of aromatic amines is 1. The number of likely N-dealkylation sites (N-methyl/N-ethyl adjacent to an activating group) is 1. The number of carbonyl (C=O) groups excluding carboxylic acids is 3. The van der Waals surface area contributed by atoms with E-state index in [1.54, 1.807) is 30.6 Å². The van der Waals surface area contributed by atoms with Gasteiger partial charge in [-0.25, -0.2) is 0 Å². The molecule has 1 aromatic rings. The van der Waals surface area contributed by atoms with E-state index < -0.39 is 11.6 Å². The molecule has 0 saturated carbocycles. The van der Waals surface area contributed by atoms with Gasteiger partial charge in [0.2, 0.25) is 11.6 Å². The second kappa shape index (κ2) is 8.17. The molecule has 7 heteroatoms. The van der Waals surface area contributed by atoms with E-state index in [4.69, 9.17) is 0 Å². The van der Waals surface area contributed by atoms with Gasteiger partial charge in [0.25, 0.3) is 0 Å². The van der Waals surface area contributed by atoms with Crippen LogP contribution >= 0.6 is 0 Å². The Morgan fingerprint density at radius 1 is 0.871 bits per heavy atom. The lowest BCUT2D eigenvalue weighted by atomic mass is 9.82. The zero-order chi connectivity index (χ0) is 22.3. The van der Waals surface area contributed by atoms with Crippen LogP contribution in [0.2, 0.25) is 0 Å². The first-order valence-electron chi connectivity index (χ1n) is 10.3. The van der Waals surface area contributed by atoms with Crippen molar-refractivity contribution in [3.8, 4) is 0 Å². The fourth-order valence-corrected chi connectivity index (χ4v) is 4.00. The van der Waals surface area contributed by atoms with Crippen molar-refractivity contribution in [2.24, 2.45) is 4.99 Å². The van der Waals surface area contributed by atoms with Gasteiger partial charge in [0.1, 0.15) is 0 Å². The molecule has 1 N–H and O–H groups in total. The van der Waals surface area contributed by atoms with Gasteiger partial charge in [0, 0.05) is 36.6 Å². The lowest BCUT2D eigenvalue weighted by Crippen LogP contribution is -2.27. The fraction of sp³-hybridized carbons (Fsp3) is 0.333. The van der Waals surface area contributed by atoms with Gasteiger partial charge in [-0.15, -0.1) is 0 Å². The normalized spacial score (nSPS) is 18.0. The monoisotopic (exact) mass is 418 g/mol. The van der Waals surface area contributed by atoms with Crippen molar-refractivity contribution in [1.82, 2.24) is 14.8 Å². The van der Waals surface area contributed by atoms with E-state index in [0.29, 0.717) is 35.4 Å². The van der Waals surface area contributed by atoms with Crippen molar-refractivity contribution in [3.05, 3.63) is 63.2 Å². The molecule has 0 unspecified atom stereocenters. The van der Waals surface area contributed by atoms with Crippen LogP contribution in [0.3, 0.4) is 0 Å². The lowest BCUT2D eigenvalue weighted by molar-refractivity contribution is -0.114. The van der Waals surface area contributed by atoms with E-state index in [9.17, 15) is 14.4 Å². The third-order valence-electron chi connectivity index (χ3n) is 5.72. The Hall–Kier alpha value is -3.16. The molecule has 0 atom stereocenters. The van der Waals surface area contributed by atoms with Crippen LogP contribution in [0.1, 0.15) is 28.0 Å². The highest BCUT2D eigenvalue weighted by Gasteiger charge is 2.37. The smallest absolute Gasteiger partial charge is 0.235 e. The molecule has 2 aliphatic carbocycles. The molecule has 0 fully saturated rings. The van der Waals surface area contributed by atoms with Gasteiger partial charge in [0.05, 0.1) is 22.5 Å². The van der Waals surface area contributed by atoms with Crippen LogP contribution in [0.25, 0.3) is 6.08 Å². The van der Waals surface area contributed by atoms with Crippen LogP contribution in [-0.4, -0.2) is 79.6 Å². The van der Waals surface area contributed by atoms with Crippen molar-refractivity contribution < 1.29 is 14.4 Å². The lowest BCUT2D eigenvalue weighted by Gasteiger charge is -2.19. The van der Waals surface area contributed by atoms with E-state index in [1.165, 1.54) is 0 Å². The third-order valence-corrected chi connectivity index (χ3v) is 5.72. The molecule has 0 aromatic carbocycles. The van der Waals surface area contributed by atoms with Gasteiger partial charge in [-0.2, -0.15) is 0 Å². The SMILES string of the molecule is CN(C)CCC1=C2C(=O)C(C3=Cc4[nH]cc(CCN(C)C)c4C(=O)C3=O)=CC=C2N=C1. The molecule has 0 amide bonds. The molecule has 0 spiro atoms. The average Bonchev–Trinajstić information content (AvgIpc) is 3.32. The molecule has 31 heavy (non-hydrogen) atoms. The van der Waals surface area contributed by atoms with Crippen molar-refractivity contribution in [3.63, 3.8) is 0 Å². The standard InChI is InChI=1S/C24H26N4O3/c1-27(2)9-7-14-12-25-18-6-5-16(22(29)20(14)18)17-11-19-21(24(31)23(17)30)15(13-26-19)8-10-28(3)4/h5-6,11-13,26H,7-10H2,1-4H3. The largest absolute Gasteiger partial charge is 0.361 e. The van der Waals surface area contributed by atoms with Gasteiger partial charge in [0.15, 0.2) is 5.78 Å². The number of rotatable bonds is 7. The predicted octanol–water partition coefficient (Wildman–Crippen LogP) is 1.99. The molecular formula is C24H26N4O3. The predicted molar refractivity (Wildman–Crippen MR) is 120 cm³/mol. The molecule has 4 rings (SSSR count).